The zero-order valence-electron chi connectivity index (χ0n) is 17.9. The molecule has 1 N–H and O–H groups in total. The molecule has 2 aromatic rings. The summed E-state index contributed by atoms with van der Waals surface area (Å²) in [7, 11) is 0. The summed E-state index contributed by atoms with van der Waals surface area (Å²) in [4.78, 5) is 6.31. The zero-order chi connectivity index (χ0) is 21.2. The van der Waals surface area contributed by atoms with E-state index in [9.17, 15) is 5.11 Å². The summed E-state index contributed by atoms with van der Waals surface area (Å²) in [5, 5.41) is 9.76. The molecule has 6 nitrogen and oxygen atoms in total. The minimum Gasteiger partial charge on any atom is -0.493 e. The average molecular weight is 440 g/mol. The Morgan fingerprint density at radius 2 is 2.13 bits per heavy atom. The predicted molar refractivity (Wildman–Crippen MR) is 125 cm³/mol. The van der Waals surface area contributed by atoms with Gasteiger partial charge in [0.1, 0.15) is 17.3 Å². The molecule has 0 radical (unpaired) electrons. The van der Waals surface area contributed by atoms with E-state index in [1.54, 1.807) is 17.6 Å². The number of hydrogen-bond acceptors (Lipinski definition) is 7. The number of ether oxygens (including phenoxy) is 2. The van der Waals surface area contributed by atoms with Crippen LogP contribution in [-0.4, -0.2) is 60.0 Å². The lowest BCUT2D eigenvalue weighted by Gasteiger charge is -2.35. The third-order valence-corrected chi connectivity index (χ3v) is 7.05. The van der Waals surface area contributed by atoms with E-state index in [4.69, 9.17) is 13.8 Å². The molecule has 1 saturated heterocycles. The van der Waals surface area contributed by atoms with Crippen molar-refractivity contribution in [2.24, 2.45) is 0 Å². The van der Waals surface area contributed by atoms with Gasteiger partial charge in [-0.3, -0.25) is 4.90 Å². The van der Waals surface area contributed by atoms with Crippen LogP contribution in [0.25, 0.3) is 11.6 Å². The molecule has 1 aromatic carbocycles. The van der Waals surface area contributed by atoms with E-state index in [1.807, 2.05) is 25.1 Å². The van der Waals surface area contributed by atoms with Crippen LogP contribution in [0.3, 0.4) is 0 Å². The molecule has 3 heterocycles. The molecule has 0 saturated carbocycles. The summed E-state index contributed by atoms with van der Waals surface area (Å²) < 4.78 is 16.2. The molecule has 1 aliphatic carbocycles. The van der Waals surface area contributed by atoms with E-state index >= 15 is 0 Å². The number of anilines is 1. The molecule has 0 spiro atoms. The Hall–Kier alpha value is -2.35. The standard InChI is InChI=1S/C24H29N3O3S/c1-17-15-23(28)30-21-16-18(7-8-19(17)21)29-14-4-9-26-10-12-27(13-11-26)24-20-5-2-3-6-22(20)31-25-24/h3,6-8,15-16,23,28H,2,4-5,9-14H2,1H3. The van der Waals surface area contributed by atoms with E-state index in [0.717, 1.165) is 68.9 Å². The number of rotatable bonds is 6. The first-order chi connectivity index (χ1) is 15.2. The molecule has 1 unspecified atom stereocenters. The highest BCUT2D eigenvalue weighted by atomic mass is 32.1. The number of hydrogen-bond donors (Lipinski definition) is 1. The van der Waals surface area contributed by atoms with Crippen LogP contribution in [0.4, 0.5) is 5.82 Å². The first-order valence-electron chi connectivity index (χ1n) is 11.1. The van der Waals surface area contributed by atoms with Gasteiger partial charge in [-0.15, -0.1) is 0 Å². The lowest BCUT2D eigenvalue weighted by Crippen LogP contribution is -2.47. The predicted octanol–water partition coefficient (Wildman–Crippen LogP) is 3.81. The quantitative estimate of drug-likeness (QED) is 0.691. The number of aliphatic hydroxyl groups excluding tert-OH is 1. The summed E-state index contributed by atoms with van der Waals surface area (Å²) >= 11 is 1.64. The molecule has 7 heteroatoms. The molecular weight excluding hydrogens is 410 g/mol. The number of fused-ring (bicyclic) bond motifs is 2. The maximum absolute atomic E-state index is 9.76. The van der Waals surface area contributed by atoms with Crippen LogP contribution in [-0.2, 0) is 6.42 Å². The van der Waals surface area contributed by atoms with Gasteiger partial charge in [-0.25, -0.2) is 0 Å². The number of benzene rings is 1. The lowest BCUT2D eigenvalue weighted by atomic mass is 10.0. The highest BCUT2D eigenvalue weighted by Crippen LogP contribution is 2.34. The van der Waals surface area contributed by atoms with E-state index in [0.29, 0.717) is 12.4 Å². The van der Waals surface area contributed by atoms with E-state index < -0.39 is 6.29 Å². The van der Waals surface area contributed by atoms with Gasteiger partial charge in [-0.05, 0) is 67.6 Å². The van der Waals surface area contributed by atoms with Crippen molar-refractivity contribution in [1.82, 2.24) is 9.27 Å². The second-order valence-corrected chi connectivity index (χ2v) is 9.14. The van der Waals surface area contributed by atoms with Crippen molar-refractivity contribution in [3.05, 3.63) is 46.4 Å². The van der Waals surface area contributed by atoms with Gasteiger partial charge in [0.2, 0.25) is 6.29 Å². The van der Waals surface area contributed by atoms with E-state index in [1.165, 1.54) is 16.3 Å². The third-order valence-electron chi connectivity index (χ3n) is 6.21. The topological polar surface area (TPSA) is 58.1 Å². The fourth-order valence-corrected chi connectivity index (χ4v) is 5.36. The first-order valence-corrected chi connectivity index (χ1v) is 11.9. The van der Waals surface area contributed by atoms with Crippen molar-refractivity contribution in [3.8, 4) is 11.5 Å². The van der Waals surface area contributed by atoms with Gasteiger partial charge < -0.3 is 19.5 Å². The van der Waals surface area contributed by atoms with Crippen molar-refractivity contribution >= 4 is 29.0 Å². The molecule has 1 atom stereocenters. The first kappa shape index (κ1) is 20.5. The van der Waals surface area contributed by atoms with Crippen molar-refractivity contribution < 1.29 is 14.6 Å². The minimum absolute atomic E-state index is 0.669. The Kier molecular flexibility index (Phi) is 5.98. The summed E-state index contributed by atoms with van der Waals surface area (Å²) in [6.45, 7) is 7.90. The molecule has 1 fully saturated rings. The molecule has 3 aliphatic rings. The van der Waals surface area contributed by atoms with Gasteiger partial charge in [0.25, 0.3) is 0 Å². The van der Waals surface area contributed by atoms with Gasteiger partial charge in [-0.1, -0.05) is 6.08 Å². The van der Waals surface area contributed by atoms with Gasteiger partial charge in [0.05, 0.1) is 11.5 Å². The largest absolute Gasteiger partial charge is 0.493 e. The normalized spacial score (nSPS) is 20.6. The number of nitrogens with zero attached hydrogens (tertiary/aromatic N) is 3. The van der Waals surface area contributed by atoms with Crippen molar-refractivity contribution in [2.45, 2.75) is 32.5 Å². The van der Waals surface area contributed by atoms with Crippen LogP contribution < -0.4 is 14.4 Å². The number of aromatic nitrogens is 1. The van der Waals surface area contributed by atoms with Crippen LogP contribution in [0, 0.1) is 0 Å². The van der Waals surface area contributed by atoms with E-state index in [2.05, 4.69) is 22.0 Å². The number of aliphatic hydroxyl groups is 1. The SMILES string of the molecule is CC1=CC(O)Oc2cc(OCCCN3CCN(c4nsc5c4CCC=C5)CC3)ccc21. The molecular formula is C24H29N3O3S. The summed E-state index contributed by atoms with van der Waals surface area (Å²) in [5.41, 5.74) is 3.48. The lowest BCUT2D eigenvalue weighted by molar-refractivity contribution is 0.0223. The smallest absolute Gasteiger partial charge is 0.217 e. The number of allylic oxidation sites excluding steroid dienone is 2. The summed E-state index contributed by atoms with van der Waals surface area (Å²) in [6, 6.07) is 5.84. The second-order valence-electron chi connectivity index (χ2n) is 8.34. The zero-order valence-corrected chi connectivity index (χ0v) is 18.7. The molecule has 1 aromatic heterocycles. The Balaban J connectivity index is 1.07. The number of piperazine rings is 1. The van der Waals surface area contributed by atoms with Crippen LogP contribution in [0.15, 0.2) is 30.4 Å². The minimum atomic E-state index is -0.882. The average Bonchev–Trinajstić information content (AvgIpc) is 3.21. The van der Waals surface area contributed by atoms with E-state index in [-0.39, 0.29) is 0 Å². The van der Waals surface area contributed by atoms with Crippen molar-refractivity contribution in [1.29, 1.82) is 0 Å². The van der Waals surface area contributed by atoms with Gasteiger partial charge in [0, 0.05) is 49.9 Å². The Labute approximate surface area is 187 Å². The van der Waals surface area contributed by atoms with Crippen molar-refractivity contribution in [3.63, 3.8) is 0 Å². The summed E-state index contributed by atoms with van der Waals surface area (Å²) in [5.74, 6) is 2.69. The highest BCUT2D eigenvalue weighted by molar-refractivity contribution is 7.07. The Bertz CT molecular complexity index is 992. The van der Waals surface area contributed by atoms with Crippen LogP contribution in [0.5, 0.6) is 11.5 Å². The maximum Gasteiger partial charge on any atom is 0.217 e. The molecule has 164 valence electrons. The molecule has 0 bridgehead atoms. The van der Waals surface area contributed by atoms with Crippen LogP contribution in [0.2, 0.25) is 0 Å². The molecule has 31 heavy (non-hydrogen) atoms. The Morgan fingerprint density at radius 3 is 3.00 bits per heavy atom. The monoisotopic (exact) mass is 439 g/mol. The third kappa shape index (κ3) is 4.49. The highest BCUT2D eigenvalue weighted by Gasteiger charge is 2.23. The summed E-state index contributed by atoms with van der Waals surface area (Å²) in [6.07, 6.45) is 8.55. The maximum atomic E-state index is 9.76. The van der Waals surface area contributed by atoms with Crippen LogP contribution in [0.1, 0.15) is 35.8 Å². The molecule has 2 aliphatic heterocycles. The molecule has 0 amide bonds. The fraction of sp³-hybridized carbons (Fsp3) is 0.458. The molecule has 5 rings (SSSR count). The van der Waals surface area contributed by atoms with Crippen LogP contribution >= 0.6 is 11.5 Å². The second kappa shape index (κ2) is 9.02. The van der Waals surface area contributed by atoms with Gasteiger partial charge in [-0.2, -0.15) is 4.37 Å². The Morgan fingerprint density at radius 1 is 1.26 bits per heavy atom. The van der Waals surface area contributed by atoms with Gasteiger partial charge >= 0.3 is 0 Å². The fourth-order valence-electron chi connectivity index (χ4n) is 4.49. The van der Waals surface area contributed by atoms with Crippen molar-refractivity contribution in [2.75, 3.05) is 44.2 Å². The van der Waals surface area contributed by atoms with Gasteiger partial charge in [0.15, 0.2) is 0 Å².